The number of nitrogens with one attached hydrogen (secondary N) is 1. The second kappa shape index (κ2) is 5.37. The van der Waals surface area contributed by atoms with Gasteiger partial charge >= 0.3 is 0 Å². The van der Waals surface area contributed by atoms with Crippen molar-refractivity contribution in [2.75, 3.05) is 5.73 Å². The smallest absolute Gasteiger partial charge is 0.153 e. The SMILES string of the molecule is Cc1cc(Br)cc(-c2[nH]nc(N)c2-c2ccccc2C)c1. The van der Waals surface area contributed by atoms with Crippen molar-refractivity contribution in [2.24, 2.45) is 0 Å². The number of aromatic nitrogens is 2. The maximum absolute atomic E-state index is 6.10. The molecule has 3 rings (SSSR count). The molecule has 0 saturated carbocycles. The van der Waals surface area contributed by atoms with Gasteiger partial charge in [0.05, 0.1) is 11.3 Å². The van der Waals surface area contributed by atoms with E-state index in [1.165, 1.54) is 11.1 Å². The van der Waals surface area contributed by atoms with E-state index in [2.05, 4.69) is 70.3 Å². The summed E-state index contributed by atoms with van der Waals surface area (Å²) in [4.78, 5) is 0. The van der Waals surface area contributed by atoms with Crippen LogP contribution in [0.5, 0.6) is 0 Å². The molecular weight excluding hydrogens is 326 g/mol. The van der Waals surface area contributed by atoms with Crippen molar-refractivity contribution >= 4 is 21.7 Å². The van der Waals surface area contributed by atoms with Gasteiger partial charge < -0.3 is 5.73 Å². The van der Waals surface area contributed by atoms with E-state index in [-0.39, 0.29) is 0 Å². The first-order valence-electron chi connectivity index (χ1n) is 6.73. The Morgan fingerprint density at radius 1 is 1.10 bits per heavy atom. The predicted octanol–water partition coefficient (Wildman–Crippen LogP) is 4.71. The highest BCUT2D eigenvalue weighted by molar-refractivity contribution is 9.10. The largest absolute Gasteiger partial charge is 0.382 e. The third-order valence-electron chi connectivity index (χ3n) is 3.54. The molecule has 3 nitrogen and oxygen atoms in total. The third kappa shape index (κ3) is 2.59. The van der Waals surface area contributed by atoms with Crippen LogP contribution in [0.4, 0.5) is 5.82 Å². The van der Waals surface area contributed by atoms with Crippen molar-refractivity contribution in [1.82, 2.24) is 10.2 Å². The summed E-state index contributed by atoms with van der Waals surface area (Å²) in [5, 5.41) is 7.28. The molecule has 0 bridgehead atoms. The van der Waals surface area contributed by atoms with Crippen LogP contribution < -0.4 is 5.73 Å². The quantitative estimate of drug-likeness (QED) is 0.709. The van der Waals surface area contributed by atoms with Crippen molar-refractivity contribution in [2.45, 2.75) is 13.8 Å². The molecule has 21 heavy (non-hydrogen) atoms. The average Bonchev–Trinajstić information content (AvgIpc) is 2.80. The molecule has 3 aromatic rings. The molecule has 0 aliphatic rings. The van der Waals surface area contributed by atoms with Gasteiger partial charge in [0, 0.05) is 10.0 Å². The number of aromatic amines is 1. The molecule has 106 valence electrons. The molecule has 3 N–H and O–H groups in total. The topological polar surface area (TPSA) is 54.7 Å². The number of halogens is 1. The molecule has 0 spiro atoms. The molecule has 0 amide bonds. The van der Waals surface area contributed by atoms with Crippen molar-refractivity contribution in [3.05, 3.63) is 58.1 Å². The van der Waals surface area contributed by atoms with E-state index in [4.69, 9.17) is 5.73 Å². The van der Waals surface area contributed by atoms with E-state index in [9.17, 15) is 0 Å². The number of H-pyrrole nitrogens is 1. The molecule has 0 fully saturated rings. The first-order valence-corrected chi connectivity index (χ1v) is 7.53. The minimum atomic E-state index is 0.525. The van der Waals surface area contributed by atoms with Crippen molar-refractivity contribution < 1.29 is 0 Å². The Labute approximate surface area is 132 Å². The van der Waals surface area contributed by atoms with Crippen LogP contribution in [0.1, 0.15) is 11.1 Å². The Hall–Kier alpha value is -2.07. The van der Waals surface area contributed by atoms with Crippen LogP contribution in [0.25, 0.3) is 22.4 Å². The zero-order valence-corrected chi connectivity index (χ0v) is 13.5. The first kappa shape index (κ1) is 13.9. The summed E-state index contributed by atoms with van der Waals surface area (Å²) in [6.45, 7) is 4.15. The van der Waals surface area contributed by atoms with E-state index < -0.39 is 0 Å². The number of anilines is 1. The van der Waals surface area contributed by atoms with Crippen LogP contribution in [0.3, 0.4) is 0 Å². The monoisotopic (exact) mass is 341 g/mol. The number of nitrogens with zero attached hydrogens (tertiary/aromatic N) is 1. The summed E-state index contributed by atoms with van der Waals surface area (Å²) in [6, 6.07) is 14.5. The van der Waals surface area contributed by atoms with Crippen LogP contribution in [-0.2, 0) is 0 Å². The molecule has 0 radical (unpaired) electrons. The molecule has 4 heteroatoms. The van der Waals surface area contributed by atoms with Gasteiger partial charge in [-0.05, 0) is 48.7 Å². The number of hydrogen-bond acceptors (Lipinski definition) is 2. The predicted molar refractivity (Wildman–Crippen MR) is 91.0 cm³/mol. The van der Waals surface area contributed by atoms with E-state index >= 15 is 0 Å². The number of benzene rings is 2. The van der Waals surface area contributed by atoms with Crippen LogP contribution in [0.2, 0.25) is 0 Å². The zero-order chi connectivity index (χ0) is 15.0. The number of hydrogen-bond donors (Lipinski definition) is 2. The van der Waals surface area contributed by atoms with Gasteiger partial charge in [-0.25, -0.2) is 0 Å². The summed E-state index contributed by atoms with van der Waals surface area (Å²) in [5.41, 5.74) is 12.6. The van der Waals surface area contributed by atoms with Gasteiger partial charge in [0.2, 0.25) is 0 Å². The third-order valence-corrected chi connectivity index (χ3v) is 4.00. The van der Waals surface area contributed by atoms with Crippen LogP contribution in [-0.4, -0.2) is 10.2 Å². The number of rotatable bonds is 2. The lowest BCUT2D eigenvalue weighted by Crippen LogP contribution is -1.91. The van der Waals surface area contributed by atoms with E-state index in [0.717, 1.165) is 26.9 Å². The van der Waals surface area contributed by atoms with Gasteiger partial charge in [0.1, 0.15) is 0 Å². The number of nitrogens with two attached hydrogens (primary N) is 1. The van der Waals surface area contributed by atoms with Crippen molar-refractivity contribution in [3.8, 4) is 22.4 Å². The van der Waals surface area contributed by atoms with Gasteiger partial charge in [0.25, 0.3) is 0 Å². The summed E-state index contributed by atoms with van der Waals surface area (Å²) in [5.74, 6) is 0.525. The molecular formula is C17H16BrN3. The second-order valence-corrected chi connectivity index (χ2v) is 6.11. The molecule has 1 heterocycles. The fraction of sp³-hybridized carbons (Fsp3) is 0.118. The fourth-order valence-corrected chi connectivity index (χ4v) is 3.18. The van der Waals surface area contributed by atoms with Crippen molar-refractivity contribution in [3.63, 3.8) is 0 Å². The minimum Gasteiger partial charge on any atom is -0.382 e. The Morgan fingerprint density at radius 3 is 2.57 bits per heavy atom. The van der Waals surface area contributed by atoms with Gasteiger partial charge in [-0.1, -0.05) is 40.2 Å². The Morgan fingerprint density at radius 2 is 1.86 bits per heavy atom. The van der Waals surface area contributed by atoms with Crippen LogP contribution in [0, 0.1) is 13.8 Å². The standard InChI is InChI=1S/C17H16BrN3/c1-10-7-12(9-13(18)8-10)16-15(17(19)21-20-16)14-6-4-3-5-11(14)2/h3-9H,1-2H3,(H3,19,20,21). The van der Waals surface area contributed by atoms with Gasteiger partial charge in [0.15, 0.2) is 5.82 Å². The normalized spacial score (nSPS) is 10.8. The van der Waals surface area contributed by atoms with Crippen LogP contribution >= 0.6 is 15.9 Å². The highest BCUT2D eigenvalue weighted by Gasteiger charge is 2.16. The van der Waals surface area contributed by atoms with Gasteiger partial charge in [-0.15, -0.1) is 0 Å². The Kier molecular flexibility index (Phi) is 3.55. The van der Waals surface area contributed by atoms with E-state index in [1.807, 2.05) is 12.1 Å². The lowest BCUT2D eigenvalue weighted by atomic mass is 9.96. The molecule has 2 aromatic carbocycles. The lowest BCUT2D eigenvalue weighted by Gasteiger charge is -2.09. The summed E-state index contributed by atoms with van der Waals surface area (Å²) in [7, 11) is 0. The first-order chi connectivity index (χ1) is 10.1. The molecule has 1 aromatic heterocycles. The lowest BCUT2D eigenvalue weighted by molar-refractivity contribution is 1.10. The maximum Gasteiger partial charge on any atom is 0.153 e. The van der Waals surface area contributed by atoms with Crippen molar-refractivity contribution in [1.29, 1.82) is 0 Å². The minimum absolute atomic E-state index is 0.525. The number of aryl methyl sites for hydroxylation is 2. The fourth-order valence-electron chi connectivity index (χ4n) is 2.57. The zero-order valence-electron chi connectivity index (χ0n) is 11.9. The number of nitrogen functional groups attached to an aromatic ring is 1. The summed E-state index contributed by atoms with van der Waals surface area (Å²) < 4.78 is 1.04. The highest BCUT2D eigenvalue weighted by Crippen LogP contribution is 2.37. The molecule has 0 aliphatic carbocycles. The van der Waals surface area contributed by atoms with Crippen LogP contribution in [0.15, 0.2) is 46.9 Å². The molecule has 0 saturated heterocycles. The Balaban J connectivity index is 2.24. The molecule has 0 aliphatic heterocycles. The van der Waals surface area contributed by atoms with Gasteiger partial charge in [-0.3, -0.25) is 5.10 Å². The maximum atomic E-state index is 6.10. The summed E-state index contributed by atoms with van der Waals surface area (Å²) in [6.07, 6.45) is 0. The average molecular weight is 342 g/mol. The molecule has 0 atom stereocenters. The van der Waals surface area contributed by atoms with E-state index in [0.29, 0.717) is 5.82 Å². The highest BCUT2D eigenvalue weighted by atomic mass is 79.9. The summed E-state index contributed by atoms with van der Waals surface area (Å²) >= 11 is 3.55. The second-order valence-electron chi connectivity index (χ2n) is 5.19. The molecule has 0 unspecified atom stereocenters. The van der Waals surface area contributed by atoms with Gasteiger partial charge in [-0.2, -0.15) is 5.10 Å². The Bertz CT molecular complexity index is 785. The van der Waals surface area contributed by atoms with E-state index in [1.54, 1.807) is 0 Å².